The molecule has 0 bridgehead atoms. The van der Waals surface area contributed by atoms with Crippen LogP contribution in [0.1, 0.15) is 42.6 Å². The fourth-order valence-electron chi connectivity index (χ4n) is 3.26. The summed E-state index contributed by atoms with van der Waals surface area (Å²) >= 11 is 0. The van der Waals surface area contributed by atoms with Crippen LogP contribution in [0.15, 0.2) is 36.4 Å². The molecule has 2 aromatic rings. The zero-order valence-corrected chi connectivity index (χ0v) is 16.6. The lowest BCUT2D eigenvalue weighted by atomic mass is 10.1. The van der Waals surface area contributed by atoms with Crippen LogP contribution >= 0.6 is 0 Å². The number of ether oxygens (including phenoxy) is 2. The van der Waals surface area contributed by atoms with Crippen molar-refractivity contribution in [3.63, 3.8) is 0 Å². The Kier molecular flexibility index (Phi) is 6.19. The number of carbonyl (C=O) groups is 2. The molecule has 2 aromatic carbocycles. The average molecular weight is 382 g/mol. The summed E-state index contributed by atoms with van der Waals surface area (Å²) in [6.07, 6.45) is 2.80. The van der Waals surface area contributed by atoms with Crippen LogP contribution in [0.3, 0.4) is 0 Å². The minimum absolute atomic E-state index is 0.0314. The maximum atomic E-state index is 12.7. The highest BCUT2D eigenvalue weighted by Gasteiger charge is 2.22. The summed E-state index contributed by atoms with van der Waals surface area (Å²) in [5.74, 6) is 0.979. The molecule has 0 spiro atoms. The van der Waals surface area contributed by atoms with Gasteiger partial charge in [0.05, 0.1) is 13.7 Å². The van der Waals surface area contributed by atoms with Crippen LogP contribution < -0.4 is 19.7 Å². The summed E-state index contributed by atoms with van der Waals surface area (Å²) in [5.41, 5.74) is 3.17. The lowest BCUT2D eigenvalue weighted by Crippen LogP contribution is -2.25. The molecular formula is C22H26N2O4. The monoisotopic (exact) mass is 382 g/mol. The first-order valence-electron chi connectivity index (χ1n) is 9.56. The Hall–Kier alpha value is -3.02. The third-order valence-corrected chi connectivity index (χ3v) is 4.79. The number of anilines is 2. The van der Waals surface area contributed by atoms with Gasteiger partial charge in [-0.05, 0) is 54.8 Å². The number of methoxy groups -OCH3 is 1. The van der Waals surface area contributed by atoms with Crippen molar-refractivity contribution in [3.05, 3.63) is 47.5 Å². The molecule has 1 heterocycles. The summed E-state index contributed by atoms with van der Waals surface area (Å²) in [4.78, 5) is 26.1. The summed E-state index contributed by atoms with van der Waals surface area (Å²) in [6, 6.07) is 10.8. The van der Waals surface area contributed by atoms with Crippen molar-refractivity contribution >= 4 is 23.2 Å². The molecule has 0 saturated carbocycles. The van der Waals surface area contributed by atoms with Crippen molar-refractivity contribution in [2.45, 2.75) is 33.1 Å². The minimum atomic E-state index is -0.222. The molecule has 1 N–H and O–H groups in total. The molecule has 2 amide bonds. The maximum absolute atomic E-state index is 12.7. The second-order valence-electron chi connectivity index (χ2n) is 6.79. The molecular weight excluding hydrogens is 356 g/mol. The zero-order chi connectivity index (χ0) is 20.1. The fraction of sp³-hybridized carbons (Fsp3) is 0.364. The van der Waals surface area contributed by atoms with Crippen molar-refractivity contribution in [2.24, 2.45) is 0 Å². The number of benzene rings is 2. The van der Waals surface area contributed by atoms with Crippen LogP contribution in [0.4, 0.5) is 11.4 Å². The topological polar surface area (TPSA) is 67.9 Å². The molecule has 0 aliphatic carbocycles. The molecule has 0 radical (unpaired) electrons. The molecule has 0 saturated heterocycles. The number of fused-ring (bicyclic) bond motifs is 1. The Morgan fingerprint density at radius 3 is 2.68 bits per heavy atom. The smallest absolute Gasteiger partial charge is 0.255 e. The number of rotatable bonds is 7. The van der Waals surface area contributed by atoms with Gasteiger partial charge < -0.3 is 19.7 Å². The van der Waals surface area contributed by atoms with Gasteiger partial charge in [0.25, 0.3) is 5.91 Å². The van der Waals surface area contributed by atoms with E-state index in [-0.39, 0.29) is 11.8 Å². The Balaban J connectivity index is 1.72. The molecule has 3 rings (SSSR count). The van der Waals surface area contributed by atoms with Gasteiger partial charge in [-0.15, -0.1) is 0 Å². The van der Waals surface area contributed by atoms with Gasteiger partial charge in [0.15, 0.2) is 11.5 Å². The van der Waals surface area contributed by atoms with Crippen LogP contribution in [-0.2, 0) is 11.2 Å². The van der Waals surface area contributed by atoms with Crippen molar-refractivity contribution in [3.8, 4) is 11.5 Å². The van der Waals surface area contributed by atoms with Crippen molar-refractivity contribution in [2.75, 3.05) is 30.5 Å². The standard InChI is InChI=1S/C22H26N2O4/c1-4-5-12-28-20-9-6-17(14-21(20)27-3)22(26)23-18-7-8-19-16(13-18)10-11-24(19)15(2)25/h6-9,13-14H,4-5,10-12H2,1-3H3,(H,23,26). The second-order valence-corrected chi connectivity index (χ2v) is 6.79. The zero-order valence-electron chi connectivity index (χ0n) is 16.6. The lowest BCUT2D eigenvalue weighted by Gasteiger charge is -2.15. The molecule has 0 fully saturated rings. The van der Waals surface area contributed by atoms with Crippen LogP contribution in [0, 0.1) is 0 Å². The number of hydrogen-bond donors (Lipinski definition) is 1. The SMILES string of the molecule is CCCCOc1ccc(C(=O)Nc2ccc3c(c2)CCN3C(C)=O)cc1OC. The maximum Gasteiger partial charge on any atom is 0.255 e. The van der Waals surface area contributed by atoms with Gasteiger partial charge in [-0.1, -0.05) is 13.3 Å². The predicted molar refractivity (Wildman–Crippen MR) is 110 cm³/mol. The Labute approximate surface area is 165 Å². The van der Waals surface area contributed by atoms with Gasteiger partial charge >= 0.3 is 0 Å². The fourth-order valence-corrected chi connectivity index (χ4v) is 3.26. The molecule has 28 heavy (non-hydrogen) atoms. The predicted octanol–water partition coefficient (Wildman–Crippen LogP) is 4.04. The lowest BCUT2D eigenvalue weighted by molar-refractivity contribution is -0.116. The molecule has 6 heteroatoms. The van der Waals surface area contributed by atoms with Gasteiger partial charge in [0, 0.05) is 30.4 Å². The summed E-state index contributed by atoms with van der Waals surface area (Å²) in [7, 11) is 1.56. The summed E-state index contributed by atoms with van der Waals surface area (Å²) in [5, 5.41) is 2.92. The minimum Gasteiger partial charge on any atom is -0.493 e. The highest BCUT2D eigenvalue weighted by atomic mass is 16.5. The second kappa shape index (κ2) is 8.78. The van der Waals surface area contributed by atoms with Crippen LogP contribution in [0.5, 0.6) is 11.5 Å². The summed E-state index contributed by atoms with van der Waals surface area (Å²) in [6.45, 7) is 4.96. The van der Waals surface area contributed by atoms with E-state index in [0.717, 1.165) is 30.5 Å². The Bertz CT molecular complexity index is 879. The quantitative estimate of drug-likeness (QED) is 0.734. The average Bonchev–Trinajstić information content (AvgIpc) is 3.11. The van der Waals surface area contributed by atoms with Crippen molar-refractivity contribution < 1.29 is 19.1 Å². The highest BCUT2D eigenvalue weighted by Crippen LogP contribution is 2.31. The highest BCUT2D eigenvalue weighted by molar-refractivity contribution is 6.05. The van der Waals surface area contributed by atoms with E-state index in [9.17, 15) is 9.59 Å². The van der Waals surface area contributed by atoms with Gasteiger partial charge in [-0.2, -0.15) is 0 Å². The number of hydrogen-bond acceptors (Lipinski definition) is 4. The van der Waals surface area contributed by atoms with Gasteiger partial charge in [-0.25, -0.2) is 0 Å². The van der Waals surface area contributed by atoms with Crippen molar-refractivity contribution in [1.82, 2.24) is 0 Å². The van der Waals surface area contributed by atoms with E-state index in [0.29, 0.717) is 35.9 Å². The van der Waals surface area contributed by atoms with E-state index in [1.165, 1.54) is 0 Å². The number of amides is 2. The molecule has 6 nitrogen and oxygen atoms in total. The molecule has 1 aliphatic heterocycles. The van der Waals surface area contributed by atoms with E-state index >= 15 is 0 Å². The third kappa shape index (κ3) is 4.27. The number of carbonyl (C=O) groups excluding carboxylic acids is 2. The van der Waals surface area contributed by atoms with E-state index in [4.69, 9.17) is 9.47 Å². The first kappa shape index (κ1) is 19.7. The van der Waals surface area contributed by atoms with E-state index in [1.54, 1.807) is 37.1 Å². The number of nitrogens with zero attached hydrogens (tertiary/aromatic N) is 1. The molecule has 148 valence electrons. The van der Waals surface area contributed by atoms with E-state index in [1.807, 2.05) is 18.2 Å². The van der Waals surface area contributed by atoms with Crippen molar-refractivity contribution in [1.29, 1.82) is 0 Å². The normalized spacial score (nSPS) is 12.5. The molecule has 0 aromatic heterocycles. The van der Waals surface area contributed by atoms with Gasteiger partial charge in [0.1, 0.15) is 0 Å². The molecule has 0 unspecified atom stereocenters. The Morgan fingerprint density at radius 2 is 1.96 bits per heavy atom. The van der Waals surface area contributed by atoms with E-state index < -0.39 is 0 Å². The van der Waals surface area contributed by atoms with Gasteiger partial charge in [0.2, 0.25) is 5.91 Å². The summed E-state index contributed by atoms with van der Waals surface area (Å²) < 4.78 is 11.1. The van der Waals surface area contributed by atoms with E-state index in [2.05, 4.69) is 12.2 Å². The molecule has 1 aliphatic rings. The van der Waals surface area contributed by atoms with Gasteiger partial charge in [-0.3, -0.25) is 9.59 Å². The Morgan fingerprint density at radius 1 is 1.14 bits per heavy atom. The first-order chi connectivity index (χ1) is 13.5. The van der Waals surface area contributed by atoms with Crippen LogP contribution in [0.2, 0.25) is 0 Å². The largest absolute Gasteiger partial charge is 0.493 e. The molecule has 0 atom stereocenters. The van der Waals surface area contributed by atoms with Crippen LogP contribution in [0.25, 0.3) is 0 Å². The first-order valence-corrected chi connectivity index (χ1v) is 9.56. The van der Waals surface area contributed by atoms with Crippen LogP contribution in [-0.4, -0.2) is 32.1 Å². The third-order valence-electron chi connectivity index (χ3n) is 4.79. The number of nitrogens with one attached hydrogen (secondary N) is 1. The number of unbranched alkanes of at least 4 members (excludes halogenated alkanes) is 1.